The molecule has 1 aliphatic rings. The molecule has 0 spiro atoms. The van der Waals surface area contributed by atoms with Crippen molar-refractivity contribution in [1.82, 2.24) is 9.80 Å². The van der Waals surface area contributed by atoms with E-state index in [4.69, 9.17) is 9.47 Å². The monoisotopic (exact) mass is 374 g/mol. The minimum absolute atomic E-state index is 0.222. The number of carbonyl (C=O) groups excluding carboxylic acids is 2. The summed E-state index contributed by atoms with van der Waals surface area (Å²) >= 11 is 0. The van der Waals surface area contributed by atoms with Crippen LogP contribution in [0.3, 0.4) is 0 Å². The highest BCUT2D eigenvalue weighted by Gasteiger charge is 2.40. The summed E-state index contributed by atoms with van der Waals surface area (Å²) in [4.78, 5) is 29.5. The van der Waals surface area contributed by atoms with Gasteiger partial charge >= 0.3 is 0 Å². The van der Waals surface area contributed by atoms with Crippen molar-refractivity contribution in [2.45, 2.75) is 27.2 Å². The molecular weight excluding hydrogens is 344 g/mol. The molecule has 0 radical (unpaired) electrons. The Hall–Kier alpha value is -2.18. The van der Waals surface area contributed by atoms with Gasteiger partial charge in [-0.15, -0.1) is 0 Å². The quantitative estimate of drug-likeness (QED) is 0.589. The maximum absolute atomic E-state index is 13.1. The van der Waals surface area contributed by atoms with E-state index in [1.165, 1.54) is 4.90 Å². The molecule has 0 saturated heterocycles. The third kappa shape index (κ3) is 4.57. The molecule has 6 heteroatoms. The van der Waals surface area contributed by atoms with Crippen LogP contribution < -0.4 is 0 Å². The van der Waals surface area contributed by atoms with E-state index in [2.05, 4.69) is 0 Å². The molecule has 0 fully saturated rings. The lowest BCUT2D eigenvalue weighted by atomic mass is 9.99. The van der Waals surface area contributed by atoms with Gasteiger partial charge in [0, 0.05) is 33.9 Å². The topological polar surface area (TPSA) is 59.1 Å². The van der Waals surface area contributed by atoms with E-state index in [0.29, 0.717) is 44.1 Å². The number of methoxy groups -OCH3 is 2. The van der Waals surface area contributed by atoms with Gasteiger partial charge in [0.05, 0.1) is 18.8 Å². The number of aryl methyl sites for hydroxylation is 2. The molecule has 2 rings (SSSR count). The molecule has 1 aromatic rings. The predicted octanol–water partition coefficient (Wildman–Crippen LogP) is 2.39. The zero-order valence-electron chi connectivity index (χ0n) is 17.0. The van der Waals surface area contributed by atoms with Crippen molar-refractivity contribution in [3.63, 3.8) is 0 Å². The zero-order valence-corrected chi connectivity index (χ0v) is 17.0. The Morgan fingerprint density at radius 2 is 1.59 bits per heavy atom. The lowest BCUT2D eigenvalue weighted by molar-refractivity contribution is -0.137. The van der Waals surface area contributed by atoms with E-state index in [9.17, 15) is 9.59 Å². The fourth-order valence-corrected chi connectivity index (χ4v) is 3.18. The minimum atomic E-state index is -0.234. The van der Waals surface area contributed by atoms with Crippen LogP contribution in [0.25, 0.3) is 5.57 Å². The second kappa shape index (κ2) is 9.67. The number of imide groups is 1. The van der Waals surface area contributed by atoms with Crippen molar-refractivity contribution in [3.05, 3.63) is 40.6 Å². The maximum Gasteiger partial charge on any atom is 0.277 e. The summed E-state index contributed by atoms with van der Waals surface area (Å²) < 4.78 is 10.4. The summed E-state index contributed by atoms with van der Waals surface area (Å²) in [5.74, 6) is -0.456. The Morgan fingerprint density at radius 3 is 2.11 bits per heavy atom. The standard InChI is InChI=1S/C21H30N2O4/c1-6-9-23-20(24)18(17-8-7-15(2)16(3)14-17)19(21(23)25)22(10-12-26-4)11-13-27-5/h7-8,14H,6,9-13H2,1-5H3. The average Bonchev–Trinajstić information content (AvgIpc) is 2.89. The lowest BCUT2D eigenvalue weighted by Crippen LogP contribution is -2.38. The van der Waals surface area contributed by atoms with E-state index in [-0.39, 0.29) is 11.8 Å². The molecule has 1 aliphatic heterocycles. The molecule has 0 atom stereocenters. The summed E-state index contributed by atoms with van der Waals surface area (Å²) in [6.07, 6.45) is 0.723. The van der Waals surface area contributed by atoms with Gasteiger partial charge in [0.15, 0.2) is 0 Å². The van der Waals surface area contributed by atoms with Crippen molar-refractivity contribution < 1.29 is 19.1 Å². The number of rotatable bonds is 10. The highest BCUT2D eigenvalue weighted by Crippen LogP contribution is 2.32. The predicted molar refractivity (Wildman–Crippen MR) is 105 cm³/mol. The number of hydrogen-bond donors (Lipinski definition) is 0. The van der Waals surface area contributed by atoms with Crippen LogP contribution in [0.1, 0.15) is 30.0 Å². The summed E-state index contributed by atoms with van der Waals surface area (Å²) in [5.41, 5.74) is 3.95. The normalized spacial score (nSPS) is 14.5. The van der Waals surface area contributed by atoms with Crippen molar-refractivity contribution >= 4 is 17.4 Å². The van der Waals surface area contributed by atoms with Gasteiger partial charge in [-0.1, -0.05) is 25.1 Å². The number of hydrogen-bond acceptors (Lipinski definition) is 5. The third-order valence-corrected chi connectivity index (χ3v) is 4.83. The molecule has 6 nitrogen and oxygen atoms in total. The average molecular weight is 374 g/mol. The van der Waals surface area contributed by atoms with Crippen LogP contribution >= 0.6 is 0 Å². The zero-order chi connectivity index (χ0) is 20.0. The van der Waals surface area contributed by atoms with E-state index < -0.39 is 0 Å². The molecule has 0 unspecified atom stereocenters. The first-order valence-electron chi connectivity index (χ1n) is 9.37. The summed E-state index contributed by atoms with van der Waals surface area (Å²) in [5, 5.41) is 0. The van der Waals surface area contributed by atoms with Gasteiger partial charge in [-0.25, -0.2) is 0 Å². The number of amides is 2. The Kier molecular flexibility index (Phi) is 7.56. The first kappa shape index (κ1) is 21.1. The van der Waals surface area contributed by atoms with Crippen LogP contribution in [0.5, 0.6) is 0 Å². The van der Waals surface area contributed by atoms with Crippen LogP contribution in [0, 0.1) is 13.8 Å². The van der Waals surface area contributed by atoms with Gasteiger partial charge in [-0.05, 0) is 37.0 Å². The molecule has 0 N–H and O–H groups in total. The lowest BCUT2D eigenvalue weighted by Gasteiger charge is -2.25. The highest BCUT2D eigenvalue weighted by molar-refractivity contribution is 6.35. The van der Waals surface area contributed by atoms with Crippen molar-refractivity contribution in [3.8, 4) is 0 Å². The first-order valence-corrected chi connectivity index (χ1v) is 9.37. The van der Waals surface area contributed by atoms with Crippen LogP contribution in [0.2, 0.25) is 0 Å². The van der Waals surface area contributed by atoms with E-state index in [0.717, 1.165) is 23.1 Å². The summed E-state index contributed by atoms with van der Waals surface area (Å²) in [6.45, 7) is 8.37. The largest absolute Gasteiger partial charge is 0.383 e. The van der Waals surface area contributed by atoms with Crippen molar-refractivity contribution in [1.29, 1.82) is 0 Å². The van der Waals surface area contributed by atoms with Crippen LogP contribution in [-0.4, -0.2) is 68.7 Å². The van der Waals surface area contributed by atoms with E-state index in [1.807, 2.05) is 43.9 Å². The summed E-state index contributed by atoms with van der Waals surface area (Å²) in [6, 6.07) is 5.89. The van der Waals surface area contributed by atoms with Crippen molar-refractivity contribution in [2.75, 3.05) is 47.1 Å². The van der Waals surface area contributed by atoms with Crippen LogP contribution in [0.15, 0.2) is 23.9 Å². The summed E-state index contributed by atoms with van der Waals surface area (Å²) in [7, 11) is 3.25. The van der Waals surface area contributed by atoms with Crippen LogP contribution in [0.4, 0.5) is 0 Å². The molecule has 0 aromatic heterocycles. The fourth-order valence-electron chi connectivity index (χ4n) is 3.18. The second-order valence-electron chi connectivity index (χ2n) is 6.76. The minimum Gasteiger partial charge on any atom is -0.383 e. The SMILES string of the molecule is CCCN1C(=O)C(c2ccc(C)c(C)c2)=C(N(CCOC)CCOC)C1=O. The number of ether oxygens (including phenoxy) is 2. The molecule has 0 saturated carbocycles. The molecule has 0 bridgehead atoms. The highest BCUT2D eigenvalue weighted by atomic mass is 16.5. The molecule has 2 amide bonds. The Bertz CT molecular complexity index is 719. The van der Waals surface area contributed by atoms with E-state index in [1.54, 1.807) is 14.2 Å². The van der Waals surface area contributed by atoms with Gasteiger partial charge in [0.1, 0.15) is 5.70 Å². The van der Waals surface area contributed by atoms with Crippen molar-refractivity contribution in [2.24, 2.45) is 0 Å². The smallest absolute Gasteiger partial charge is 0.277 e. The third-order valence-electron chi connectivity index (χ3n) is 4.83. The molecule has 0 aliphatic carbocycles. The van der Waals surface area contributed by atoms with Gasteiger partial charge < -0.3 is 14.4 Å². The Labute approximate surface area is 161 Å². The van der Waals surface area contributed by atoms with Gasteiger partial charge in [-0.2, -0.15) is 0 Å². The molecule has 148 valence electrons. The Morgan fingerprint density at radius 1 is 0.963 bits per heavy atom. The van der Waals surface area contributed by atoms with Gasteiger partial charge in [0.25, 0.3) is 11.8 Å². The van der Waals surface area contributed by atoms with Crippen LogP contribution in [-0.2, 0) is 19.1 Å². The number of carbonyl (C=O) groups is 2. The van der Waals surface area contributed by atoms with Gasteiger partial charge in [-0.3, -0.25) is 14.5 Å². The van der Waals surface area contributed by atoms with E-state index >= 15 is 0 Å². The second-order valence-corrected chi connectivity index (χ2v) is 6.76. The number of nitrogens with zero attached hydrogens (tertiary/aromatic N) is 2. The molecule has 27 heavy (non-hydrogen) atoms. The van der Waals surface area contributed by atoms with Gasteiger partial charge in [0.2, 0.25) is 0 Å². The number of benzene rings is 1. The first-order chi connectivity index (χ1) is 13.0. The molecule has 1 aromatic carbocycles. The fraction of sp³-hybridized carbons (Fsp3) is 0.524. The maximum atomic E-state index is 13.1. The Balaban J connectivity index is 2.56. The molecule has 1 heterocycles. The molecular formula is C21H30N2O4.